The Morgan fingerprint density at radius 2 is 2.36 bits per heavy atom. The van der Waals surface area contributed by atoms with Crippen molar-refractivity contribution in [2.45, 2.75) is 13.2 Å². The summed E-state index contributed by atoms with van der Waals surface area (Å²) in [5.41, 5.74) is 0.0964. The molecule has 14 heavy (non-hydrogen) atoms. The molecule has 0 radical (unpaired) electrons. The van der Waals surface area contributed by atoms with Gasteiger partial charge in [-0.15, -0.1) is 0 Å². The molecule has 1 aromatic rings. The predicted octanol–water partition coefficient (Wildman–Crippen LogP) is -0.632. The van der Waals surface area contributed by atoms with Crippen molar-refractivity contribution in [3.8, 4) is 0 Å². The zero-order chi connectivity index (χ0) is 10.7. The van der Waals surface area contributed by atoms with Gasteiger partial charge < -0.3 is 20.3 Å². The first-order valence-corrected chi connectivity index (χ1v) is 3.58. The SMILES string of the molecule is O=C(O)Cn1nc([N+](=O)[O-])cc1CO. The smallest absolute Gasteiger partial charge is 0.390 e. The number of carboxylic acid groups (broad SMARTS) is 1. The van der Waals surface area contributed by atoms with E-state index in [0.29, 0.717) is 0 Å². The lowest BCUT2D eigenvalue weighted by molar-refractivity contribution is -0.389. The number of carbonyl (C=O) groups is 1. The highest BCUT2D eigenvalue weighted by Gasteiger charge is 2.18. The Balaban J connectivity index is 3.02. The molecule has 0 unspecified atom stereocenters. The molecule has 1 aromatic heterocycles. The van der Waals surface area contributed by atoms with Gasteiger partial charge in [-0.2, -0.15) is 4.68 Å². The second-order valence-corrected chi connectivity index (χ2v) is 2.46. The summed E-state index contributed by atoms with van der Waals surface area (Å²) < 4.78 is 0.875. The van der Waals surface area contributed by atoms with E-state index < -0.39 is 29.9 Å². The molecule has 76 valence electrons. The van der Waals surface area contributed by atoms with Crippen LogP contribution in [-0.2, 0) is 17.9 Å². The molecular weight excluding hydrogens is 194 g/mol. The molecule has 1 rings (SSSR count). The van der Waals surface area contributed by atoms with Crippen LogP contribution in [-0.4, -0.2) is 30.9 Å². The number of aliphatic hydroxyl groups excluding tert-OH is 1. The van der Waals surface area contributed by atoms with Crippen molar-refractivity contribution in [3.05, 3.63) is 21.9 Å². The lowest BCUT2D eigenvalue weighted by atomic mass is 10.4. The first-order valence-electron chi connectivity index (χ1n) is 3.58. The third kappa shape index (κ3) is 2.04. The number of aromatic nitrogens is 2. The first kappa shape index (κ1) is 10.1. The average molecular weight is 201 g/mol. The fourth-order valence-corrected chi connectivity index (χ4v) is 0.922. The molecule has 8 nitrogen and oxygen atoms in total. The number of nitro groups is 1. The molecule has 0 saturated heterocycles. The summed E-state index contributed by atoms with van der Waals surface area (Å²) in [5, 5.41) is 30.8. The molecule has 0 aromatic carbocycles. The zero-order valence-electron chi connectivity index (χ0n) is 6.95. The largest absolute Gasteiger partial charge is 0.480 e. The molecule has 0 aliphatic carbocycles. The number of aliphatic carboxylic acids is 1. The standard InChI is InChI=1S/C6H7N3O5/c10-3-4-1-5(9(13)14)7-8(4)2-6(11)12/h1,10H,2-3H2,(H,11,12). The van der Waals surface area contributed by atoms with Gasteiger partial charge in [0.25, 0.3) is 0 Å². The molecule has 0 aliphatic heterocycles. The minimum Gasteiger partial charge on any atom is -0.480 e. The van der Waals surface area contributed by atoms with Gasteiger partial charge in [-0.25, -0.2) is 0 Å². The van der Waals surface area contributed by atoms with Crippen LogP contribution in [0.4, 0.5) is 5.82 Å². The summed E-state index contributed by atoms with van der Waals surface area (Å²) in [5.74, 6) is -1.66. The molecule has 0 amide bonds. The van der Waals surface area contributed by atoms with Crippen molar-refractivity contribution >= 4 is 11.8 Å². The van der Waals surface area contributed by atoms with Crippen LogP contribution in [0.5, 0.6) is 0 Å². The molecule has 0 atom stereocenters. The molecule has 0 bridgehead atoms. The number of aliphatic hydroxyl groups is 1. The van der Waals surface area contributed by atoms with Crippen LogP contribution < -0.4 is 0 Å². The number of rotatable bonds is 4. The van der Waals surface area contributed by atoms with Crippen LogP contribution in [0.3, 0.4) is 0 Å². The Labute approximate surface area is 77.5 Å². The van der Waals surface area contributed by atoms with E-state index in [1.165, 1.54) is 0 Å². The highest BCUT2D eigenvalue weighted by Crippen LogP contribution is 2.11. The number of hydrogen-bond acceptors (Lipinski definition) is 5. The Morgan fingerprint density at radius 1 is 1.71 bits per heavy atom. The average Bonchev–Trinajstić information content (AvgIpc) is 2.46. The lowest BCUT2D eigenvalue weighted by Gasteiger charge is -1.94. The zero-order valence-corrected chi connectivity index (χ0v) is 6.95. The highest BCUT2D eigenvalue weighted by molar-refractivity contribution is 5.66. The number of hydrogen-bond donors (Lipinski definition) is 2. The Hall–Kier alpha value is -1.96. The van der Waals surface area contributed by atoms with Crippen molar-refractivity contribution in [2.75, 3.05) is 0 Å². The normalized spacial score (nSPS) is 10.1. The minimum atomic E-state index is -1.18. The predicted molar refractivity (Wildman–Crippen MR) is 42.4 cm³/mol. The topological polar surface area (TPSA) is 118 Å². The van der Waals surface area contributed by atoms with E-state index in [0.717, 1.165) is 10.7 Å². The second-order valence-electron chi connectivity index (χ2n) is 2.46. The van der Waals surface area contributed by atoms with Crippen LogP contribution >= 0.6 is 0 Å². The van der Waals surface area contributed by atoms with Crippen molar-refractivity contribution in [3.63, 3.8) is 0 Å². The van der Waals surface area contributed by atoms with Gasteiger partial charge in [0.15, 0.2) is 6.54 Å². The van der Waals surface area contributed by atoms with E-state index in [2.05, 4.69) is 5.10 Å². The Bertz CT molecular complexity index is 372. The summed E-state index contributed by atoms with van der Waals surface area (Å²) in [7, 11) is 0. The van der Waals surface area contributed by atoms with Gasteiger partial charge >= 0.3 is 11.8 Å². The fourth-order valence-electron chi connectivity index (χ4n) is 0.922. The lowest BCUT2D eigenvalue weighted by Crippen LogP contribution is -2.13. The van der Waals surface area contributed by atoms with E-state index >= 15 is 0 Å². The maximum absolute atomic E-state index is 10.3. The van der Waals surface area contributed by atoms with Crippen LogP contribution in [0, 0.1) is 10.1 Å². The van der Waals surface area contributed by atoms with E-state index in [-0.39, 0.29) is 5.69 Å². The minimum absolute atomic E-state index is 0.0964. The maximum atomic E-state index is 10.3. The van der Waals surface area contributed by atoms with Crippen LogP contribution in [0.15, 0.2) is 6.07 Å². The van der Waals surface area contributed by atoms with Gasteiger partial charge in [0.05, 0.1) is 23.5 Å². The summed E-state index contributed by atoms with van der Waals surface area (Å²) in [6.07, 6.45) is 0. The van der Waals surface area contributed by atoms with Gasteiger partial charge in [0.2, 0.25) is 0 Å². The second kappa shape index (κ2) is 3.83. The molecule has 0 spiro atoms. The van der Waals surface area contributed by atoms with Gasteiger partial charge in [-0.05, 0) is 4.92 Å². The Morgan fingerprint density at radius 3 is 2.79 bits per heavy atom. The molecular formula is C6H7N3O5. The summed E-state index contributed by atoms with van der Waals surface area (Å²) >= 11 is 0. The third-order valence-corrected chi connectivity index (χ3v) is 1.48. The Kier molecular flexibility index (Phi) is 2.77. The van der Waals surface area contributed by atoms with E-state index in [1.54, 1.807) is 0 Å². The van der Waals surface area contributed by atoms with Gasteiger partial charge in [-0.3, -0.25) is 4.79 Å². The molecule has 0 saturated carbocycles. The maximum Gasteiger partial charge on any atom is 0.390 e. The molecule has 2 N–H and O–H groups in total. The van der Waals surface area contributed by atoms with Gasteiger partial charge in [0.1, 0.15) is 0 Å². The number of nitrogens with zero attached hydrogens (tertiary/aromatic N) is 3. The van der Waals surface area contributed by atoms with Crippen molar-refractivity contribution in [1.82, 2.24) is 9.78 Å². The van der Waals surface area contributed by atoms with Crippen LogP contribution in [0.25, 0.3) is 0 Å². The quantitative estimate of drug-likeness (QED) is 0.494. The fraction of sp³-hybridized carbons (Fsp3) is 0.333. The van der Waals surface area contributed by atoms with Crippen molar-refractivity contribution in [2.24, 2.45) is 0 Å². The van der Waals surface area contributed by atoms with Crippen LogP contribution in [0.2, 0.25) is 0 Å². The highest BCUT2D eigenvalue weighted by atomic mass is 16.6. The summed E-state index contributed by atoms with van der Waals surface area (Å²) in [6, 6.07) is 1.03. The van der Waals surface area contributed by atoms with Crippen molar-refractivity contribution in [1.29, 1.82) is 0 Å². The molecule has 0 aliphatic rings. The molecule has 8 heteroatoms. The van der Waals surface area contributed by atoms with Gasteiger partial charge in [-0.1, -0.05) is 0 Å². The first-order chi connectivity index (χ1) is 6.54. The van der Waals surface area contributed by atoms with E-state index in [4.69, 9.17) is 10.2 Å². The molecule has 0 fully saturated rings. The molecule has 1 heterocycles. The third-order valence-electron chi connectivity index (χ3n) is 1.48. The number of carboxylic acids is 1. The van der Waals surface area contributed by atoms with Crippen LogP contribution in [0.1, 0.15) is 5.69 Å². The summed E-state index contributed by atoms with van der Waals surface area (Å²) in [4.78, 5) is 19.8. The monoisotopic (exact) mass is 201 g/mol. The summed E-state index contributed by atoms with van der Waals surface area (Å²) in [6.45, 7) is -1.00. The van der Waals surface area contributed by atoms with E-state index in [9.17, 15) is 14.9 Å². The van der Waals surface area contributed by atoms with Crippen molar-refractivity contribution < 1.29 is 19.9 Å². The van der Waals surface area contributed by atoms with Gasteiger partial charge in [0, 0.05) is 0 Å². The van der Waals surface area contributed by atoms with E-state index in [1.807, 2.05) is 0 Å².